The highest BCUT2D eigenvalue weighted by Gasteiger charge is 2.08. The molecule has 3 N–H and O–H groups in total. The van der Waals surface area contributed by atoms with Crippen LogP contribution in [0.3, 0.4) is 0 Å². The van der Waals surface area contributed by atoms with Crippen molar-refractivity contribution < 1.29 is 13.3 Å². The maximum atomic E-state index is 10.6. The van der Waals surface area contributed by atoms with E-state index in [0.717, 1.165) is 6.07 Å². The SMILES string of the molecule is NS(=O)(=O)Nc1cccc([N+](=O)[O-])c1. The first-order chi connectivity index (χ1) is 6.38. The quantitative estimate of drug-likeness (QED) is 0.556. The molecule has 0 aliphatic heterocycles. The average Bonchev–Trinajstić information content (AvgIpc) is 2.01. The minimum Gasteiger partial charge on any atom is -0.271 e. The number of nitrogens with two attached hydrogens (primary N) is 1. The van der Waals surface area contributed by atoms with Crippen molar-refractivity contribution in [3.05, 3.63) is 34.4 Å². The van der Waals surface area contributed by atoms with Crippen LogP contribution < -0.4 is 9.86 Å². The van der Waals surface area contributed by atoms with Gasteiger partial charge in [-0.15, -0.1) is 0 Å². The third-order valence-corrected chi connectivity index (χ3v) is 1.84. The van der Waals surface area contributed by atoms with Crippen molar-refractivity contribution in [2.24, 2.45) is 5.14 Å². The Morgan fingerprint density at radius 1 is 1.43 bits per heavy atom. The van der Waals surface area contributed by atoms with Crippen LogP contribution in [0.1, 0.15) is 0 Å². The van der Waals surface area contributed by atoms with Gasteiger partial charge in [0.15, 0.2) is 0 Å². The number of benzene rings is 1. The van der Waals surface area contributed by atoms with Crippen LogP contribution in [-0.4, -0.2) is 13.3 Å². The van der Waals surface area contributed by atoms with Crippen LogP contribution >= 0.6 is 0 Å². The zero-order chi connectivity index (χ0) is 10.8. The number of nitrogens with one attached hydrogen (secondary N) is 1. The van der Waals surface area contributed by atoms with E-state index in [0.29, 0.717) is 0 Å². The Morgan fingerprint density at radius 2 is 2.07 bits per heavy atom. The molecule has 0 aliphatic carbocycles. The first-order valence-corrected chi connectivity index (χ1v) is 4.98. The number of rotatable bonds is 3. The molecule has 0 aliphatic rings. The summed E-state index contributed by atoms with van der Waals surface area (Å²) in [7, 11) is -3.89. The van der Waals surface area contributed by atoms with Crippen molar-refractivity contribution in [2.45, 2.75) is 0 Å². The molecule has 0 fully saturated rings. The molecular formula is C6H7N3O4S. The molecule has 0 aromatic heterocycles. The molecule has 1 aromatic carbocycles. The van der Waals surface area contributed by atoms with Crippen LogP contribution in [0.5, 0.6) is 0 Å². The number of anilines is 1. The van der Waals surface area contributed by atoms with Crippen molar-refractivity contribution in [3.63, 3.8) is 0 Å². The molecule has 7 nitrogen and oxygen atoms in total. The van der Waals surface area contributed by atoms with Crippen LogP contribution in [0.4, 0.5) is 11.4 Å². The molecule has 1 rings (SSSR count). The van der Waals surface area contributed by atoms with E-state index < -0.39 is 15.1 Å². The lowest BCUT2D eigenvalue weighted by Crippen LogP contribution is -2.21. The lowest BCUT2D eigenvalue weighted by atomic mass is 10.3. The minimum absolute atomic E-state index is 0.0571. The summed E-state index contributed by atoms with van der Waals surface area (Å²) in [5, 5.41) is 15.0. The predicted octanol–water partition coefficient (Wildman–Crippen LogP) is 0.210. The summed E-state index contributed by atoms with van der Waals surface area (Å²) in [5.41, 5.74) is -0.152. The van der Waals surface area contributed by atoms with Gasteiger partial charge in [0.05, 0.1) is 10.6 Å². The van der Waals surface area contributed by atoms with E-state index in [9.17, 15) is 18.5 Å². The second-order valence-electron chi connectivity index (χ2n) is 2.45. The smallest absolute Gasteiger partial charge is 0.271 e. The van der Waals surface area contributed by atoms with Gasteiger partial charge in [-0.1, -0.05) is 6.07 Å². The van der Waals surface area contributed by atoms with E-state index in [1.54, 1.807) is 0 Å². The summed E-state index contributed by atoms with van der Waals surface area (Å²) in [6.45, 7) is 0. The average molecular weight is 217 g/mol. The van der Waals surface area contributed by atoms with Crippen molar-refractivity contribution in [3.8, 4) is 0 Å². The third kappa shape index (κ3) is 2.99. The molecule has 0 amide bonds. The van der Waals surface area contributed by atoms with Crippen LogP contribution in [-0.2, 0) is 10.2 Å². The van der Waals surface area contributed by atoms with E-state index in [4.69, 9.17) is 0 Å². The van der Waals surface area contributed by atoms with Crippen molar-refractivity contribution in [1.29, 1.82) is 0 Å². The Kier molecular flexibility index (Phi) is 2.68. The first kappa shape index (κ1) is 10.4. The zero-order valence-corrected chi connectivity index (χ0v) is 7.69. The summed E-state index contributed by atoms with van der Waals surface area (Å²) in [6, 6.07) is 5.03. The topological polar surface area (TPSA) is 115 Å². The van der Waals surface area contributed by atoms with E-state index in [1.807, 2.05) is 4.72 Å². The molecule has 0 atom stereocenters. The lowest BCUT2D eigenvalue weighted by Gasteiger charge is -2.01. The van der Waals surface area contributed by atoms with Crippen molar-refractivity contribution in [1.82, 2.24) is 0 Å². The van der Waals surface area contributed by atoms with Gasteiger partial charge < -0.3 is 0 Å². The predicted molar refractivity (Wildman–Crippen MR) is 49.8 cm³/mol. The third-order valence-electron chi connectivity index (χ3n) is 1.32. The van der Waals surface area contributed by atoms with Gasteiger partial charge in [0.2, 0.25) is 0 Å². The Balaban J connectivity index is 3.01. The molecule has 0 saturated carbocycles. The highest BCUT2D eigenvalue weighted by Crippen LogP contribution is 2.17. The highest BCUT2D eigenvalue weighted by molar-refractivity contribution is 7.90. The minimum atomic E-state index is -3.89. The van der Waals surface area contributed by atoms with Gasteiger partial charge in [-0.05, 0) is 6.07 Å². The van der Waals surface area contributed by atoms with E-state index in [-0.39, 0.29) is 11.4 Å². The molecule has 0 unspecified atom stereocenters. The number of nitro groups is 1. The second-order valence-corrected chi connectivity index (χ2v) is 3.75. The lowest BCUT2D eigenvalue weighted by molar-refractivity contribution is -0.384. The van der Waals surface area contributed by atoms with E-state index in [1.165, 1.54) is 18.2 Å². The van der Waals surface area contributed by atoms with Crippen LogP contribution in [0.2, 0.25) is 0 Å². The van der Waals surface area contributed by atoms with Gasteiger partial charge in [-0.25, -0.2) is 5.14 Å². The Hall–Kier alpha value is -1.67. The molecule has 0 spiro atoms. The molecule has 8 heteroatoms. The Labute approximate surface area is 79.9 Å². The highest BCUT2D eigenvalue weighted by atomic mass is 32.2. The second kappa shape index (κ2) is 3.60. The zero-order valence-electron chi connectivity index (χ0n) is 6.88. The fraction of sp³-hybridized carbons (Fsp3) is 0. The Bertz CT molecular complexity index is 456. The Morgan fingerprint density at radius 3 is 2.57 bits per heavy atom. The fourth-order valence-corrected chi connectivity index (χ4v) is 1.30. The van der Waals surface area contributed by atoms with Crippen molar-refractivity contribution >= 4 is 21.6 Å². The maximum Gasteiger partial charge on any atom is 0.296 e. The normalized spacial score (nSPS) is 10.9. The van der Waals surface area contributed by atoms with Gasteiger partial charge in [0.25, 0.3) is 15.9 Å². The first-order valence-electron chi connectivity index (χ1n) is 3.43. The van der Waals surface area contributed by atoms with Gasteiger partial charge in [0.1, 0.15) is 0 Å². The van der Waals surface area contributed by atoms with Crippen LogP contribution in [0, 0.1) is 10.1 Å². The number of non-ortho nitro benzene ring substituents is 1. The number of nitro benzene ring substituents is 1. The summed E-state index contributed by atoms with van der Waals surface area (Å²) in [5.74, 6) is 0. The van der Waals surface area contributed by atoms with E-state index in [2.05, 4.69) is 5.14 Å². The van der Waals surface area contributed by atoms with Gasteiger partial charge >= 0.3 is 0 Å². The molecule has 0 bridgehead atoms. The molecular weight excluding hydrogens is 210 g/mol. The molecule has 0 heterocycles. The van der Waals surface area contributed by atoms with Crippen LogP contribution in [0.25, 0.3) is 0 Å². The standard InChI is InChI=1S/C6H7N3O4S/c7-14(12,13)8-5-2-1-3-6(4-5)9(10)11/h1-4,8H,(H2,7,12,13). The number of hydrogen-bond acceptors (Lipinski definition) is 4. The molecule has 14 heavy (non-hydrogen) atoms. The molecule has 76 valence electrons. The summed E-state index contributed by atoms with van der Waals surface area (Å²) in [6.07, 6.45) is 0. The summed E-state index contributed by atoms with van der Waals surface area (Å²) < 4.78 is 23.1. The summed E-state index contributed by atoms with van der Waals surface area (Å²) >= 11 is 0. The van der Waals surface area contributed by atoms with Gasteiger partial charge in [-0.2, -0.15) is 8.42 Å². The fourth-order valence-electron chi connectivity index (χ4n) is 0.847. The molecule has 0 radical (unpaired) electrons. The van der Waals surface area contributed by atoms with Crippen LogP contribution in [0.15, 0.2) is 24.3 Å². The monoisotopic (exact) mass is 217 g/mol. The number of nitrogens with zero attached hydrogens (tertiary/aromatic N) is 1. The van der Waals surface area contributed by atoms with Gasteiger partial charge in [-0.3, -0.25) is 14.8 Å². The van der Waals surface area contributed by atoms with Crippen molar-refractivity contribution in [2.75, 3.05) is 4.72 Å². The largest absolute Gasteiger partial charge is 0.296 e. The molecule has 1 aromatic rings. The molecule has 0 saturated heterocycles. The van der Waals surface area contributed by atoms with E-state index >= 15 is 0 Å². The number of hydrogen-bond donors (Lipinski definition) is 2. The maximum absolute atomic E-state index is 10.6. The summed E-state index contributed by atoms with van der Waals surface area (Å²) in [4.78, 5) is 9.69. The van der Waals surface area contributed by atoms with Gasteiger partial charge in [0, 0.05) is 12.1 Å².